The van der Waals surface area contributed by atoms with Crippen LogP contribution in [0.4, 0.5) is 0 Å². The van der Waals surface area contributed by atoms with Gasteiger partial charge in [0.25, 0.3) is 0 Å². The summed E-state index contributed by atoms with van der Waals surface area (Å²) in [5, 5.41) is 0. The minimum absolute atomic E-state index is 0.275. The van der Waals surface area contributed by atoms with Crippen LogP contribution in [0.25, 0.3) is 0 Å². The molecule has 1 aliphatic heterocycles. The molecule has 0 unspecified atom stereocenters. The number of hydrogen-bond donors (Lipinski definition) is 0. The van der Waals surface area contributed by atoms with E-state index in [0.717, 1.165) is 63.9 Å². The van der Waals surface area contributed by atoms with Crippen molar-refractivity contribution in [1.82, 2.24) is 0 Å². The first-order valence-electron chi connectivity index (χ1n) is 6.40. The average Bonchev–Trinajstić information content (AvgIpc) is 2.29. The quantitative estimate of drug-likeness (QED) is 0.507. The van der Waals surface area contributed by atoms with Gasteiger partial charge in [-0.25, -0.2) is 0 Å². The molecule has 0 aromatic carbocycles. The molecule has 1 rings (SSSR count). The molecule has 0 aromatic heterocycles. The lowest BCUT2D eigenvalue weighted by molar-refractivity contribution is 0.00362. The Morgan fingerprint density at radius 2 is 1.94 bits per heavy atom. The first-order chi connectivity index (χ1) is 7.68. The first kappa shape index (κ1) is 14.3. The maximum Gasteiger partial charge on any atom is 0.0471 e. The number of alkyl halides is 1. The molecule has 0 aliphatic carbocycles. The molecule has 16 heavy (non-hydrogen) atoms. The lowest BCUT2D eigenvalue weighted by Crippen LogP contribution is -2.32. The molecule has 0 bridgehead atoms. The van der Waals surface area contributed by atoms with Crippen LogP contribution in [0.1, 0.15) is 39.5 Å². The van der Waals surface area contributed by atoms with Crippen molar-refractivity contribution in [3.05, 3.63) is 0 Å². The minimum Gasteiger partial charge on any atom is -0.381 e. The summed E-state index contributed by atoms with van der Waals surface area (Å²) in [5.41, 5.74) is 0.275. The monoisotopic (exact) mass is 248 g/mol. The topological polar surface area (TPSA) is 18.5 Å². The molecule has 0 radical (unpaired) electrons. The lowest BCUT2D eigenvalue weighted by Gasteiger charge is -2.35. The Hall–Kier alpha value is 0.210. The zero-order valence-electron chi connectivity index (χ0n) is 10.6. The summed E-state index contributed by atoms with van der Waals surface area (Å²) in [7, 11) is 0. The largest absolute Gasteiger partial charge is 0.381 e. The summed E-state index contributed by atoms with van der Waals surface area (Å²) in [4.78, 5) is 0. The molecule has 0 spiro atoms. The van der Waals surface area contributed by atoms with E-state index in [1.165, 1.54) is 0 Å². The fourth-order valence-corrected chi connectivity index (χ4v) is 2.37. The summed E-state index contributed by atoms with van der Waals surface area (Å²) in [6.07, 6.45) is 4.41. The summed E-state index contributed by atoms with van der Waals surface area (Å²) < 4.78 is 11.1. The first-order valence-corrected chi connectivity index (χ1v) is 6.93. The molecule has 0 saturated carbocycles. The number of halogens is 1. The molecule has 0 atom stereocenters. The van der Waals surface area contributed by atoms with E-state index >= 15 is 0 Å². The molecule has 0 N–H and O–H groups in total. The lowest BCUT2D eigenvalue weighted by atomic mass is 9.79. The number of hydrogen-bond acceptors (Lipinski definition) is 2. The van der Waals surface area contributed by atoms with Crippen molar-refractivity contribution >= 4 is 11.6 Å². The van der Waals surface area contributed by atoms with Crippen molar-refractivity contribution in [2.24, 2.45) is 11.3 Å². The third kappa shape index (κ3) is 5.03. The van der Waals surface area contributed by atoms with Crippen molar-refractivity contribution in [1.29, 1.82) is 0 Å². The molecule has 3 heteroatoms. The Morgan fingerprint density at radius 1 is 1.25 bits per heavy atom. The molecule has 0 amide bonds. The third-order valence-electron chi connectivity index (χ3n) is 3.45. The van der Waals surface area contributed by atoms with Crippen LogP contribution >= 0.6 is 11.6 Å². The van der Waals surface area contributed by atoms with Crippen LogP contribution in [-0.4, -0.2) is 32.3 Å². The van der Waals surface area contributed by atoms with Gasteiger partial charge in [0.15, 0.2) is 0 Å². The second-order valence-electron chi connectivity index (χ2n) is 5.29. The number of rotatable bonds is 7. The van der Waals surface area contributed by atoms with E-state index in [0.29, 0.717) is 0 Å². The third-order valence-corrected chi connectivity index (χ3v) is 4.02. The Kier molecular flexibility index (Phi) is 6.71. The highest BCUT2D eigenvalue weighted by atomic mass is 35.5. The normalized spacial score (nSPS) is 20.2. The molecule has 96 valence electrons. The average molecular weight is 249 g/mol. The second-order valence-corrected chi connectivity index (χ2v) is 5.56. The van der Waals surface area contributed by atoms with Crippen LogP contribution in [0.3, 0.4) is 0 Å². The van der Waals surface area contributed by atoms with Gasteiger partial charge in [-0.3, -0.25) is 0 Å². The highest BCUT2D eigenvalue weighted by molar-refractivity contribution is 6.18. The highest BCUT2D eigenvalue weighted by Gasteiger charge is 2.31. The maximum atomic E-state index is 6.09. The predicted octanol–water partition coefficient (Wildman–Crippen LogP) is 3.47. The van der Waals surface area contributed by atoms with E-state index in [9.17, 15) is 0 Å². The van der Waals surface area contributed by atoms with Gasteiger partial charge in [-0.15, -0.1) is 11.6 Å². The van der Waals surface area contributed by atoms with Crippen LogP contribution in [-0.2, 0) is 9.47 Å². The Morgan fingerprint density at radius 3 is 2.50 bits per heavy atom. The van der Waals surface area contributed by atoms with Gasteiger partial charge in [-0.2, -0.15) is 0 Å². The second kappa shape index (κ2) is 7.52. The fraction of sp³-hybridized carbons (Fsp3) is 1.00. The van der Waals surface area contributed by atoms with Crippen molar-refractivity contribution in [2.45, 2.75) is 39.5 Å². The summed E-state index contributed by atoms with van der Waals surface area (Å²) in [6.45, 7) is 7.90. The molecule has 0 aromatic rings. The van der Waals surface area contributed by atoms with Crippen LogP contribution in [0.2, 0.25) is 0 Å². The van der Waals surface area contributed by atoms with E-state index in [4.69, 9.17) is 21.1 Å². The van der Waals surface area contributed by atoms with Gasteiger partial charge in [-0.05, 0) is 37.0 Å². The van der Waals surface area contributed by atoms with Crippen molar-refractivity contribution < 1.29 is 9.47 Å². The smallest absolute Gasteiger partial charge is 0.0471 e. The standard InChI is InChI=1S/C13H25ClO2/c1-12(2)3-7-15-8-4-13(11-14)5-9-16-10-6-13/h12H,3-11H2,1-2H3. The minimum atomic E-state index is 0.275. The Bertz CT molecular complexity index is 177. The van der Waals surface area contributed by atoms with Gasteiger partial charge in [0, 0.05) is 32.3 Å². The van der Waals surface area contributed by atoms with E-state index in [-0.39, 0.29) is 5.41 Å². The zero-order valence-corrected chi connectivity index (χ0v) is 11.4. The fourth-order valence-electron chi connectivity index (χ4n) is 1.96. The molecular formula is C13H25ClO2. The van der Waals surface area contributed by atoms with Gasteiger partial charge in [0.05, 0.1) is 0 Å². The van der Waals surface area contributed by atoms with Crippen molar-refractivity contribution in [3.63, 3.8) is 0 Å². The van der Waals surface area contributed by atoms with E-state index in [2.05, 4.69) is 13.8 Å². The van der Waals surface area contributed by atoms with E-state index in [1.807, 2.05) is 0 Å². The summed E-state index contributed by atoms with van der Waals surface area (Å²) >= 11 is 6.09. The molecule has 1 heterocycles. The highest BCUT2D eigenvalue weighted by Crippen LogP contribution is 2.35. The maximum absolute atomic E-state index is 6.09. The number of ether oxygens (including phenoxy) is 2. The molecule has 1 saturated heterocycles. The molecule has 2 nitrogen and oxygen atoms in total. The Labute approximate surface area is 105 Å². The Balaban J connectivity index is 2.13. The molecule has 1 aliphatic rings. The zero-order chi connectivity index (χ0) is 11.9. The molecular weight excluding hydrogens is 224 g/mol. The van der Waals surface area contributed by atoms with Gasteiger partial charge in [-0.1, -0.05) is 13.8 Å². The van der Waals surface area contributed by atoms with Crippen LogP contribution in [0.15, 0.2) is 0 Å². The van der Waals surface area contributed by atoms with Crippen molar-refractivity contribution in [2.75, 3.05) is 32.3 Å². The summed E-state index contributed by atoms with van der Waals surface area (Å²) in [5.74, 6) is 1.47. The van der Waals surface area contributed by atoms with Crippen LogP contribution in [0.5, 0.6) is 0 Å². The van der Waals surface area contributed by atoms with Crippen LogP contribution in [0, 0.1) is 11.3 Å². The SMILES string of the molecule is CC(C)CCOCCC1(CCl)CCOCC1. The van der Waals surface area contributed by atoms with Gasteiger partial charge in [0.1, 0.15) is 0 Å². The van der Waals surface area contributed by atoms with Crippen molar-refractivity contribution in [3.8, 4) is 0 Å². The van der Waals surface area contributed by atoms with Crippen LogP contribution < -0.4 is 0 Å². The summed E-state index contributed by atoms with van der Waals surface area (Å²) in [6, 6.07) is 0. The predicted molar refractivity (Wildman–Crippen MR) is 68.1 cm³/mol. The van der Waals surface area contributed by atoms with E-state index in [1.54, 1.807) is 0 Å². The molecule has 1 fully saturated rings. The van der Waals surface area contributed by atoms with Gasteiger partial charge in [0.2, 0.25) is 0 Å². The van der Waals surface area contributed by atoms with E-state index < -0.39 is 0 Å². The van der Waals surface area contributed by atoms with Gasteiger partial charge < -0.3 is 9.47 Å². The van der Waals surface area contributed by atoms with Gasteiger partial charge >= 0.3 is 0 Å².